The van der Waals surface area contributed by atoms with Crippen molar-refractivity contribution < 1.29 is 4.74 Å². The first-order valence-corrected chi connectivity index (χ1v) is 5.79. The third-order valence-electron chi connectivity index (χ3n) is 3.52. The van der Waals surface area contributed by atoms with Gasteiger partial charge in [-0.15, -0.1) is 0 Å². The summed E-state index contributed by atoms with van der Waals surface area (Å²) in [5.74, 6) is 0. The Morgan fingerprint density at radius 1 is 1.21 bits per heavy atom. The quantitative estimate of drug-likeness (QED) is 0.707. The zero-order chi connectivity index (χ0) is 9.86. The maximum atomic E-state index is 5.37. The van der Waals surface area contributed by atoms with Crippen molar-refractivity contribution in [2.45, 2.75) is 19.8 Å². The molecular weight excluding hydrogens is 176 g/mol. The molecule has 0 aromatic carbocycles. The monoisotopic (exact) mass is 198 g/mol. The predicted octanol–water partition coefficient (Wildman–Crippen LogP) is 0.708. The highest BCUT2D eigenvalue weighted by Crippen LogP contribution is 2.29. The fourth-order valence-corrected chi connectivity index (χ4v) is 2.49. The molecule has 2 fully saturated rings. The molecule has 0 bridgehead atoms. The van der Waals surface area contributed by atoms with Crippen LogP contribution in [-0.4, -0.2) is 50.8 Å². The lowest BCUT2D eigenvalue weighted by Crippen LogP contribution is -2.46. The van der Waals surface area contributed by atoms with E-state index in [1.807, 2.05) is 0 Å². The number of hydrogen-bond donors (Lipinski definition) is 1. The van der Waals surface area contributed by atoms with Crippen LogP contribution in [0.3, 0.4) is 0 Å². The zero-order valence-corrected chi connectivity index (χ0v) is 9.22. The Morgan fingerprint density at radius 2 is 1.86 bits per heavy atom. The first-order valence-electron chi connectivity index (χ1n) is 5.79. The average molecular weight is 198 g/mol. The van der Waals surface area contributed by atoms with E-state index in [1.165, 1.54) is 32.5 Å². The highest BCUT2D eigenvalue weighted by Gasteiger charge is 2.29. The molecule has 0 spiro atoms. The van der Waals surface area contributed by atoms with Gasteiger partial charge in [0.1, 0.15) is 0 Å². The molecule has 1 N–H and O–H groups in total. The van der Waals surface area contributed by atoms with Crippen LogP contribution < -0.4 is 5.32 Å². The van der Waals surface area contributed by atoms with Crippen LogP contribution in [0.5, 0.6) is 0 Å². The van der Waals surface area contributed by atoms with Gasteiger partial charge in [-0.25, -0.2) is 0 Å². The Balaban J connectivity index is 1.81. The molecule has 0 unspecified atom stereocenters. The highest BCUT2D eigenvalue weighted by molar-refractivity contribution is 4.84. The topological polar surface area (TPSA) is 24.5 Å². The van der Waals surface area contributed by atoms with E-state index in [1.54, 1.807) is 0 Å². The van der Waals surface area contributed by atoms with Gasteiger partial charge in [-0.2, -0.15) is 0 Å². The molecule has 82 valence electrons. The number of piperidine rings is 1. The Labute approximate surface area is 86.8 Å². The molecule has 0 aromatic rings. The van der Waals surface area contributed by atoms with Gasteiger partial charge in [0.2, 0.25) is 0 Å². The molecule has 2 saturated heterocycles. The van der Waals surface area contributed by atoms with E-state index in [0.29, 0.717) is 5.41 Å². The van der Waals surface area contributed by atoms with Crippen molar-refractivity contribution >= 4 is 0 Å². The van der Waals surface area contributed by atoms with E-state index < -0.39 is 0 Å². The molecule has 2 aliphatic heterocycles. The standard InChI is InChI=1S/C11H22N2O/c1-11(2-4-12-5-3-11)10-13-6-8-14-9-7-13/h12H,2-10H2,1H3. The molecule has 2 aliphatic rings. The second-order valence-corrected chi connectivity index (χ2v) is 4.95. The maximum absolute atomic E-state index is 5.37. The van der Waals surface area contributed by atoms with Gasteiger partial charge >= 0.3 is 0 Å². The normalized spacial score (nSPS) is 28.9. The van der Waals surface area contributed by atoms with Crippen LogP contribution >= 0.6 is 0 Å². The summed E-state index contributed by atoms with van der Waals surface area (Å²) in [6.45, 7) is 10.2. The smallest absolute Gasteiger partial charge is 0.0594 e. The molecule has 0 atom stereocenters. The molecule has 2 rings (SSSR count). The number of ether oxygens (including phenoxy) is 1. The number of rotatable bonds is 2. The molecule has 14 heavy (non-hydrogen) atoms. The summed E-state index contributed by atoms with van der Waals surface area (Å²) in [6.07, 6.45) is 2.65. The fourth-order valence-electron chi connectivity index (χ4n) is 2.49. The Kier molecular flexibility index (Phi) is 3.42. The van der Waals surface area contributed by atoms with E-state index >= 15 is 0 Å². The lowest BCUT2D eigenvalue weighted by molar-refractivity contribution is 0.0130. The first kappa shape index (κ1) is 10.4. The van der Waals surface area contributed by atoms with E-state index in [2.05, 4.69) is 17.1 Å². The Morgan fingerprint density at radius 3 is 2.50 bits per heavy atom. The average Bonchev–Trinajstić information content (AvgIpc) is 2.19. The van der Waals surface area contributed by atoms with Crippen LogP contribution in [0.4, 0.5) is 0 Å². The largest absolute Gasteiger partial charge is 0.379 e. The second kappa shape index (κ2) is 4.60. The zero-order valence-electron chi connectivity index (χ0n) is 9.22. The summed E-state index contributed by atoms with van der Waals surface area (Å²) in [4.78, 5) is 2.56. The van der Waals surface area contributed by atoms with Crippen molar-refractivity contribution in [3.8, 4) is 0 Å². The van der Waals surface area contributed by atoms with Crippen molar-refractivity contribution in [2.24, 2.45) is 5.41 Å². The molecule has 0 radical (unpaired) electrons. The Bertz CT molecular complexity index is 172. The van der Waals surface area contributed by atoms with Crippen LogP contribution in [0.2, 0.25) is 0 Å². The van der Waals surface area contributed by atoms with Crippen molar-refractivity contribution in [3.05, 3.63) is 0 Å². The van der Waals surface area contributed by atoms with Crippen LogP contribution in [-0.2, 0) is 4.74 Å². The summed E-state index contributed by atoms with van der Waals surface area (Å²) in [5.41, 5.74) is 0.544. The second-order valence-electron chi connectivity index (χ2n) is 4.95. The van der Waals surface area contributed by atoms with Crippen LogP contribution in [0.15, 0.2) is 0 Å². The van der Waals surface area contributed by atoms with Crippen molar-refractivity contribution in [2.75, 3.05) is 45.9 Å². The lowest BCUT2D eigenvalue weighted by Gasteiger charge is -2.39. The third kappa shape index (κ3) is 2.69. The maximum Gasteiger partial charge on any atom is 0.0594 e. The van der Waals surface area contributed by atoms with Gasteiger partial charge in [-0.05, 0) is 31.3 Å². The van der Waals surface area contributed by atoms with Gasteiger partial charge in [0.05, 0.1) is 13.2 Å². The number of nitrogens with one attached hydrogen (secondary N) is 1. The van der Waals surface area contributed by atoms with E-state index in [4.69, 9.17) is 4.74 Å². The SMILES string of the molecule is CC1(CN2CCOCC2)CCNCC1. The predicted molar refractivity (Wildman–Crippen MR) is 57.5 cm³/mol. The van der Waals surface area contributed by atoms with Crippen LogP contribution in [0, 0.1) is 5.41 Å². The summed E-state index contributed by atoms with van der Waals surface area (Å²) < 4.78 is 5.37. The van der Waals surface area contributed by atoms with Crippen LogP contribution in [0.1, 0.15) is 19.8 Å². The lowest BCUT2D eigenvalue weighted by atomic mass is 9.80. The molecule has 3 heteroatoms. The third-order valence-corrected chi connectivity index (χ3v) is 3.52. The van der Waals surface area contributed by atoms with Gasteiger partial charge in [0, 0.05) is 19.6 Å². The summed E-state index contributed by atoms with van der Waals surface area (Å²) in [7, 11) is 0. The van der Waals surface area contributed by atoms with Gasteiger partial charge in [-0.1, -0.05) is 6.92 Å². The highest BCUT2D eigenvalue weighted by atomic mass is 16.5. The van der Waals surface area contributed by atoms with Crippen LogP contribution in [0.25, 0.3) is 0 Å². The minimum atomic E-state index is 0.544. The molecule has 2 heterocycles. The van der Waals surface area contributed by atoms with E-state index in [0.717, 1.165) is 26.3 Å². The molecule has 3 nitrogen and oxygen atoms in total. The summed E-state index contributed by atoms with van der Waals surface area (Å²) >= 11 is 0. The fraction of sp³-hybridized carbons (Fsp3) is 1.00. The van der Waals surface area contributed by atoms with E-state index in [-0.39, 0.29) is 0 Å². The minimum Gasteiger partial charge on any atom is -0.379 e. The molecular formula is C11H22N2O. The van der Waals surface area contributed by atoms with Gasteiger partial charge in [-0.3, -0.25) is 4.90 Å². The Hall–Kier alpha value is -0.120. The number of nitrogens with zero attached hydrogens (tertiary/aromatic N) is 1. The summed E-state index contributed by atoms with van der Waals surface area (Å²) in [6, 6.07) is 0. The first-order chi connectivity index (χ1) is 6.79. The van der Waals surface area contributed by atoms with Crippen molar-refractivity contribution in [3.63, 3.8) is 0 Å². The molecule has 0 saturated carbocycles. The van der Waals surface area contributed by atoms with Gasteiger partial charge < -0.3 is 10.1 Å². The number of hydrogen-bond acceptors (Lipinski definition) is 3. The molecule has 0 aromatic heterocycles. The van der Waals surface area contributed by atoms with Crippen molar-refractivity contribution in [1.29, 1.82) is 0 Å². The minimum absolute atomic E-state index is 0.544. The van der Waals surface area contributed by atoms with Crippen molar-refractivity contribution in [1.82, 2.24) is 10.2 Å². The summed E-state index contributed by atoms with van der Waals surface area (Å²) in [5, 5.41) is 3.43. The van der Waals surface area contributed by atoms with E-state index in [9.17, 15) is 0 Å². The number of morpholine rings is 1. The van der Waals surface area contributed by atoms with Gasteiger partial charge in [0.25, 0.3) is 0 Å². The molecule has 0 aliphatic carbocycles. The molecule has 0 amide bonds. The van der Waals surface area contributed by atoms with Gasteiger partial charge in [0.15, 0.2) is 0 Å².